The van der Waals surface area contributed by atoms with Crippen LogP contribution in [0.25, 0.3) is 0 Å². The van der Waals surface area contributed by atoms with Crippen LogP contribution in [0.1, 0.15) is 29.6 Å². The molecule has 2 unspecified atom stereocenters. The third-order valence-electron chi connectivity index (χ3n) is 4.16. The maximum absolute atomic E-state index is 13.2. The number of fused-ring (bicyclic) bond motifs is 1. The van der Waals surface area contributed by atoms with E-state index in [1.807, 2.05) is 18.2 Å². The molecule has 2 atom stereocenters. The molecule has 4 rings (SSSR count). The molecule has 1 aliphatic rings. The Kier molecular flexibility index (Phi) is 3.22. The van der Waals surface area contributed by atoms with Gasteiger partial charge in [-0.15, -0.1) is 5.10 Å². The van der Waals surface area contributed by atoms with E-state index >= 15 is 0 Å². The molecule has 0 saturated heterocycles. The second kappa shape index (κ2) is 5.39. The quantitative estimate of drug-likeness (QED) is 0.763. The highest BCUT2D eigenvalue weighted by molar-refractivity contribution is 5.41. The number of nitrogen functional groups attached to an aromatic ring is 1. The molecule has 2 aromatic carbocycles. The largest absolute Gasteiger partial charge is 0.366 e. The zero-order chi connectivity index (χ0) is 15.8. The fraction of sp³-hybridized carbons (Fsp3) is 0.176. The molecule has 116 valence electrons. The van der Waals surface area contributed by atoms with Crippen LogP contribution >= 0.6 is 0 Å². The maximum Gasteiger partial charge on any atom is 0.241 e. The van der Waals surface area contributed by atoms with Crippen molar-refractivity contribution in [1.82, 2.24) is 14.8 Å². The van der Waals surface area contributed by atoms with Crippen LogP contribution in [0.2, 0.25) is 0 Å². The van der Waals surface area contributed by atoms with Crippen molar-refractivity contribution in [3.63, 3.8) is 0 Å². The minimum atomic E-state index is -0.249. The van der Waals surface area contributed by atoms with Gasteiger partial charge in [-0.3, -0.25) is 0 Å². The maximum atomic E-state index is 13.2. The predicted octanol–water partition coefficient (Wildman–Crippen LogP) is 3.15. The van der Waals surface area contributed by atoms with Gasteiger partial charge in [-0.25, -0.2) is 9.07 Å². The van der Waals surface area contributed by atoms with Crippen LogP contribution in [0.5, 0.6) is 0 Å². The normalized spacial score (nSPS) is 19.9. The summed E-state index contributed by atoms with van der Waals surface area (Å²) >= 11 is 0. The number of nitrogens with two attached hydrogens (primary N) is 1. The van der Waals surface area contributed by atoms with Gasteiger partial charge in [0.05, 0.1) is 12.1 Å². The minimum absolute atomic E-state index is 0.0399. The molecule has 6 heteroatoms. The number of benzene rings is 2. The SMILES string of the molecule is Nc1nc2n(n1)C(c1ccc(F)cc1)CC(c1ccccc1)N2. The van der Waals surface area contributed by atoms with Gasteiger partial charge >= 0.3 is 0 Å². The molecule has 0 fully saturated rings. The third kappa shape index (κ3) is 2.52. The number of halogens is 1. The number of aromatic nitrogens is 3. The molecule has 1 aliphatic heterocycles. The lowest BCUT2D eigenvalue weighted by Crippen LogP contribution is -2.28. The Bertz CT molecular complexity index is 813. The van der Waals surface area contributed by atoms with Gasteiger partial charge in [-0.2, -0.15) is 4.98 Å². The van der Waals surface area contributed by atoms with Crippen molar-refractivity contribution in [1.29, 1.82) is 0 Å². The highest BCUT2D eigenvalue weighted by atomic mass is 19.1. The van der Waals surface area contributed by atoms with Gasteiger partial charge in [-0.1, -0.05) is 42.5 Å². The van der Waals surface area contributed by atoms with Crippen LogP contribution in [0.4, 0.5) is 16.3 Å². The summed E-state index contributed by atoms with van der Waals surface area (Å²) in [6.45, 7) is 0. The van der Waals surface area contributed by atoms with E-state index in [2.05, 4.69) is 27.5 Å². The molecule has 5 nitrogen and oxygen atoms in total. The van der Waals surface area contributed by atoms with Crippen molar-refractivity contribution >= 4 is 11.9 Å². The molecule has 0 radical (unpaired) electrons. The first-order chi connectivity index (χ1) is 11.2. The molecular weight excluding hydrogens is 293 g/mol. The van der Waals surface area contributed by atoms with Gasteiger partial charge in [-0.05, 0) is 29.7 Å². The molecule has 0 bridgehead atoms. The van der Waals surface area contributed by atoms with Gasteiger partial charge in [0.25, 0.3) is 0 Å². The summed E-state index contributed by atoms with van der Waals surface area (Å²) in [5.41, 5.74) is 7.92. The number of hydrogen-bond acceptors (Lipinski definition) is 4. The molecule has 1 aromatic heterocycles. The number of anilines is 2. The van der Waals surface area contributed by atoms with E-state index in [-0.39, 0.29) is 23.8 Å². The second-order valence-corrected chi connectivity index (χ2v) is 5.65. The molecular formula is C17H16FN5. The fourth-order valence-electron chi connectivity index (χ4n) is 3.06. The summed E-state index contributed by atoms with van der Waals surface area (Å²) in [6, 6.07) is 16.7. The highest BCUT2D eigenvalue weighted by Crippen LogP contribution is 2.37. The van der Waals surface area contributed by atoms with E-state index in [0.29, 0.717) is 5.95 Å². The van der Waals surface area contributed by atoms with Gasteiger partial charge in [0, 0.05) is 0 Å². The van der Waals surface area contributed by atoms with Crippen molar-refractivity contribution < 1.29 is 4.39 Å². The number of nitrogens with zero attached hydrogens (tertiary/aromatic N) is 3. The molecule has 3 N–H and O–H groups in total. The monoisotopic (exact) mass is 309 g/mol. The van der Waals surface area contributed by atoms with E-state index < -0.39 is 0 Å². The number of nitrogens with one attached hydrogen (secondary N) is 1. The molecule has 3 aromatic rings. The topological polar surface area (TPSA) is 68.8 Å². The molecule has 0 amide bonds. The van der Waals surface area contributed by atoms with E-state index in [9.17, 15) is 4.39 Å². The van der Waals surface area contributed by atoms with Crippen LogP contribution < -0.4 is 11.1 Å². The van der Waals surface area contributed by atoms with Gasteiger partial charge < -0.3 is 11.1 Å². The Morgan fingerprint density at radius 2 is 1.78 bits per heavy atom. The molecule has 2 heterocycles. The summed E-state index contributed by atoms with van der Waals surface area (Å²) in [6.07, 6.45) is 0.783. The zero-order valence-electron chi connectivity index (χ0n) is 12.4. The lowest BCUT2D eigenvalue weighted by molar-refractivity contribution is 0.431. The van der Waals surface area contributed by atoms with Crippen LogP contribution in [-0.4, -0.2) is 14.8 Å². The Morgan fingerprint density at radius 1 is 1.04 bits per heavy atom. The minimum Gasteiger partial charge on any atom is -0.366 e. The first-order valence-corrected chi connectivity index (χ1v) is 7.49. The fourth-order valence-corrected chi connectivity index (χ4v) is 3.06. The first-order valence-electron chi connectivity index (χ1n) is 7.49. The van der Waals surface area contributed by atoms with Crippen molar-refractivity contribution in [2.24, 2.45) is 0 Å². The van der Waals surface area contributed by atoms with Crippen molar-refractivity contribution in [3.8, 4) is 0 Å². The zero-order valence-corrected chi connectivity index (χ0v) is 12.4. The molecule has 0 saturated carbocycles. The standard InChI is InChI=1S/C17H16FN5/c18-13-8-6-12(7-9-13)15-10-14(11-4-2-1-3-5-11)20-17-21-16(19)22-23(15)17/h1-9,14-15H,10H2,(H3,19,20,21,22). The molecule has 0 spiro atoms. The highest BCUT2D eigenvalue weighted by Gasteiger charge is 2.30. The first kappa shape index (κ1) is 13.8. The third-order valence-corrected chi connectivity index (χ3v) is 4.16. The average Bonchev–Trinajstić information content (AvgIpc) is 2.96. The summed E-state index contributed by atoms with van der Waals surface area (Å²) in [4.78, 5) is 4.26. The van der Waals surface area contributed by atoms with E-state index in [1.54, 1.807) is 16.8 Å². The summed E-state index contributed by atoms with van der Waals surface area (Å²) in [7, 11) is 0. The van der Waals surface area contributed by atoms with Crippen LogP contribution in [0.3, 0.4) is 0 Å². The smallest absolute Gasteiger partial charge is 0.241 e. The van der Waals surface area contributed by atoms with E-state index in [4.69, 9.17) is 5.73 Å². The van der Waals surface area contributed by atoms with Crippen LogP contribution in [-0.2, 0) is 0 Å². The Morgan fingerprint density at radius 3 is 2.52 bits per heavy atom. The van der Waals surface area contributed by atoms with E-state index in [0.717, 1.165) is 12.0 Å². The Labute approximate surface area is 133 Å². The Balaban J connectivity index is 1.76. The van der Waals surface area contributed by atoms with Crippen LogP contribution in [0, 0.1) is 5.82 Å². The van der Waals surface area contributed by atoms with Crippen molar-refractivity contribution in [2.45, 2.75) is 18.5 Å². The summed E-state index contributed by atoms with van der Waals surface area (Å²) in [5, 5.41) is 7.67. The number of hydrogen-bond donors (Lipinski definition) is 2. The summed E-state index contributed by atoms with van der Waals surface area (Å²) < 4.78 is 15.0. The van der Waals surface area contributed by atoms with Gasteiger partial charge in [0.1, 0.15) is 5.82 Å². The number of rotatable bonds is 2. The van der Waals surface area contributed by atoms with Gasteiger partial charge in [0.15, 0.2) is 0 Å². The summed E-state index contributed by atoms with van der Waals surface area (Å²) in [5.74, 6) is 0.617. The van der Waals surface area contributed by atoms with Crippen molar-refractivity contribution in [3.05, 3.63) is 71.5 Å². The molecule has 0 aliphatic carbocycles. The van der Waals surface area contributed by atoms with E-state index in [1.165, 1.54) is 17.7 Å². The predicted molar refractivity (Wildman–Crippen MR) is 86.4 cm³/mol. The second-order valence-electron chi connectivity index (χ2n) is 5.65. The molecule has 23 heavy (non-hydrogen) atoms. The Hall–Kier alpha value is -2.89. The van der Waals surface area contributed by atoms with Crippen LogP contribution in [0.15, 0.2) is 54.6 Å². The lowest BCUT2D eigenvalue weighted by atomic mass is 9.93. The van der Waals surface area contributed by atoms with Crippen molar-refractivity contribution in [2.75, 3.05) is 11.1 Å². The van der Waals surface area contributed by atoms with Gasteiger partial charge in [0.2, 0.25) is 11.9 Å². The lowest BCUT2D eigenvalue weighted by Gasteiger charge is -2.31. The average molecular weight is 309 g/mol.